The van der Waals surface area contributed by atoms with Gasteiger partial charge in [0.25, 0.3) is 0 Å². The number of rotatable bonds is 6. The molecule has 0 aromatic rings. The molecule has 0 aliphatic carbocycles. The zero-order chi connectivity index (χ0) is 10.5. The molecule has 0 saturated carbocycles. The van der Waals surface area contributed by atoms with Crippen molar-refractivity contribution in [3.63, 3.8) is 0 Å². The number of hydrogen-bond donors (Lipinski definition) is 0. The Labute approximate surface area is 82.9 Å². The van der Waals surface area contributed by atoms with E-state index < -0.39 is 0 Å². The van der Waals surface area contributed by atoms with Gasteiger partial charge >= 0.3 is 0 Å². The Bertz CT molecular complexity index is 155. The minimum absolute atomic E-state index is 0.197. The van der Waals surface area contributed by atoms with Crippen molar-refractivity contribution in [1.82, 2.24) is 0 Å². The summed E-state index contributed by atoms with van der Waals surface area (Å²) in [5.41, 5.74) is 0.197. The minimum atomic E-state index is 0.197. The average Bonchev–Trinajstić information content (AvgIpc) is 1.97. The van der Waals surface area contributed by atoms with Gasteiger partial charge in [0, 0.05) is 6.42 Å². The lowest BCUT2D eigenvalue weighted by Gasteiger charge is -2.27. The topological polar surface area (TPSA) is 17.1 Å². The Balaban J connectivity index is 4.05. The van der Waals surface area contributed by atoms with Crippen molar-refractivity contribution >= 4 is 5.78 Å². The third kappa shape index (κ3) is 5.84. The second-order valence-corrected chi connectivity index (χ2v) is 4.93. The molecule has 0 spiro atoms. The van der Waals surface area contributed by atoms with Gasteiger partial charge in [0.05, 0.1) is 0 Å². The maximum Gasteiger partial charge on any atom is 0.130 e. The van der Waals surface area contributed by atoms with Crippen LogP contribution in [0.25, 0.3) is 0 Å². The molecule has 0 heterocycles. The van der Waals surface area contributed by atoms with Gasteiger partial charge in [-0.15, -0.1) is 0 Å². The van der Waals surface area contributed by atoms with Crippen molar-refractivity contribution in [2.24, 2.45) is 11.3 Å². The van der Waals surface area contributed by atoms with E-state index in [9.17, 15) is 4.79 Å². The Morgan fingerprint density at radius 3 is 2.00 bits per heavy atom. The SMILES string of the molecule is CCC(CC)CC(C)(C)CC(C)=O. The van der Waals surface area contributed by atoms with Crippen LogP contribution in [0.15, 0.2) is 0 Å². The summed E-state index contributed by atoms with van der Waals surface area (Å²) in [5.74, 6) is 1.10. The minimum Gasteiger partial charge on any atom is -0.300 e. The summed E-state index contributed by atoms with van der Waals surface area (Å²) < 4.78 is 0. The molecule has 0 rings (SSSR count). The highest BCUT2D eigenvalue weighted by Crippen LogP contribution is 2.32. The Kier molecular flexibility index (Phi) is 5.27. The quantitative estimate of drug-likeness (QED) is 0.613. The molecule has 0 amide bonds. The molecule has 0 saturated heterocycles. The third-order valence-electron chi connectivity index (χ3n) is 2.72. The largest absolute Gasteiger partial charge is 0.300 e. The summed E-state index contributed by atoms with van der Waals surface area (Å²) in [6.07, 6.45) is 4.37. The molecular weight excluding hydrogens is 160 g/mol. The first-order valence-electron chi connectivity index (χ1n) is 5.40. The van der Waals surface area contributed by atoms with Gasteiger partial charge in [-0.3, -0.25) is 0 Å². The van der Waals surface area contributed by atoms with Crippen molar-refractivity contribution in [3.05, 3.63) is 0 Å². The average molecular weight is 184 g/mol. The fourth-order valence-corrected chi connectivity index (χ4v) is 2.10. The number of carbonyl (C=O) groups excluding carboxylic acids is 1. The summed E-state index contributed by atoms with van der Waals surface area (Å²) in [4.78, 5) is 11.0. The van der Waals surface area contributed by atoms with Gasteiger partial charge < -0.3 is 4.79 Å². The molecule has 0 aromatic carbocycles. The van der Waals surface area contributed by atoms with E-state index in [-0.39, 0.29) is 5.41 Å². The van der Waals surface area contributed by atoms with Crippen molar-refractivity contribution in [2.75, 3.05) is 0 Å². The maximum atomic E-state index is 11.0. The van der Waals surface area contributed by atoms with Gasteiger partial charge in [0.2, 0.25) is 0 Å². The first-order chi connectivity index (χ1) is 5.91. The molecule has 0 aliphatic rings. The zero-order valence-corrected chi connectivity index (χ0v) is 9.81. The summed E-state index contributed by atoms with van der Waals surface area (Å²) in [6.45, 7) is 10.6. The third-order valence-corrected chi connectivity index (χ3v) is 2.72. The van der Waals surface area contributed by atoms with Gasteiger partial charge in [-0.1, -0.05) is 40.5 Å². The maximum absolute atomic E-state index is 11.0. The van der Waals surface area contributed by atoms with Gasteiger partial charge in [-0.05, 0) is 24.7 Å². The van der Waals surface area contributed by atoms with E-state index in [1.807, 2.05) is 0 Å². The van der Waals surface area contributed by atoms with Crippen LogP contribution >= 0.6 is 0 Å². The Hall–Kier alpha value is -0.330. The Morgan fingerprint density at radius 2 is 1.69 bits per heavy atom. The Morgan fingerprint density at radius 1 is 1.23 bits per heavy atom. The molecule has 0 unspecified atom stereocenters. The van der Waals surface area contributed by atoms with E-state index in [0.717, 1.165) is 12.3 Å². The highest BCUT2D eigenvalue weighted by atomic mass is 16.1. The van der Waals surface area contributed by atoms with Gasteiger partial charge in [0.15, 0.2) is 0 Å². The first kappa shape index (κ1) is 12.7. The van der Waals surface area contributed by atoms with E-state index in [1.165, 1.54) is 19.3 Å². The van der Waals surface area contributed by atoms with Gasteiger partial charge in [0.1, 0.15) is 5.78 Å². The summed E-state index contributed by atoms with van der Waals surface area (Å²) in [5, 5.41) is 0. The second-order valence-electron chi connectivity index (χ2n) is 4.93. The molecule has 0 aromatic heterocycles. The normalized spacial score (nSPS) is 12.2. The molecule has 0 bridgehead atoms. The molecule has 0 atom stereocenters. The molecular formula is C12H24O. The predicted molar refractivity (Wildman–Crippen MR) is 57.8 cm³/mol. The lowest BCUT2D eigenvalue weighted by molar-refractivity contribution is -0.119. The number of hydrogen-bond acceptors (Lipinski definition) is 1. The van der Waals surface area contributed by atoms with Crippen LogP contribution in [0, 0.1) is 11.3 Å². The lowest BCUT2D eigenvalue weighted by Crippen LogP contribution is -2.19. The standard InChI is InChI=1S/C12H24O/c1-6-11(7-2)9-12(4,5)8-10(3)13/h11H,6-9H2,1-5H3. The van der Waals surface area contributed by atoms with Gasteiger partial charge in [-0.25, -0.2) is 0 Å². The van der Waals surface area contributed by atoms with Crippen LogP contribution in [-0.4, -0.2) is 5.78 Å². The molecule has 0 aliphatic heterocycles. The van der Waals surface area contributed by atoms with Crippen molar-refractivity contribution in [2.45, 2.75) is 60.3 Å². The highest BCUT2D eigenvalue weighted by Gasteiger charge is 2.23. The predicted octanol–water partition coefficient (Wildman–Crippen LogP) is 3.82. The van der Waals surface area contributed by atoms with Crippen molar-refractivity contribution in [3.8, 4) is 0 Å². The van der Waals surface area contributed by atoms with E-state index in [4.69, 9.17) is 0 Å². The molecule has 0 radical (unpaired) electrons. The van der Waals surface area contributed by atoms with Crippen LogP contribution in [0.1, 0.15) is 60.3 Å². The highest BCUT2D eigenvalue weighted by molar-refractivity contribution is 5.76. The van der Waals surface area contributed by atoms with Crippen LogP contribution < -0.4 is 0 Å². The summed E-state index contributed by atoms with van der Waals surface area (Å²) >= 11 is 0. The van der Waals surface area contributed by atoms with Crippen LogP contribution in [0.5, 0.6) is 0 Å². The van der Waals surface area contributed by atoms with Crippen LogP contribution in [-0.2, 0) is 4.79 Å². The van der Waals surface area contributed by atoms with Crippen LogP contribution in [0.2, 0.25) is 0 Å². The number of Topliss-reactive ketones (excluding diaryl/α,β-unsaturated/α-hetero) is 1. The van der Waals surface area contributed by atoms with E-state index in [2.05, 4.69) is 27.7 Å². The van der Waals surface area contributed by atoms with Gasteiger partial charge in [-0.2, -0.15) is 0 Å². The molecule has 0 N–H and O–H groups in total. The van der Waals surface area contributed by atoms with Crippen LogP contribution in [0.3, 0.4) is 0 Å². The van der Waals surface area contributed by atoms with E-state index in [0.29, 0.717) is 5.78 Å². The van der Waals surface area contributed by atoms with E-state index >= 15 is 0 Å². The van der Waals surface area contributed by atoms with E-state index in [1.54, 1.807) is 6.92 Å². The molecule has 1 nitrogen and oxygen atoms in total. The fourth-order valence-electron chi connectivity index (χ4n) is 2.10. The van der Waals surface area contributed by atoms with Crippen molar-refractivity contribution < 1.29 is 4.79 Å². The molecule has 0 fully saturated rings. The summed E-state index contributed by atoms with van der Waals surface area (Å²) in [7, 11) is 0. The smallest absolute Gasteiger partial charge is 0.130 e. The summed E-state index contributed by atoms with van der Waals surface area (Å²) in [6, 6.07) is 0. The number of carbonyl (C=O) groups is 1. The van der Waals surface area contributed by atoms with Crippen molar-refractivity contribution in [1.29, 1.82) is 0 Å². The molecule has 13 heavy (non-hydrogen) atoms. The second kappa shape index (κ2) is 5.41. The fraction of sp³-hybridized carbons (Fsp3) is 0.917. The monoisotopic (exact) mass is 184 g/mol. The first-order valence-corrected chi connectivity index (χ1v) is 5.40. The zero-order valence-electron chi connectivity index (χ0n) is 9.81. The lowest BCUT2D eigenvalue weighted by atomic mass is 9.77. The molecule has 1 heteroatoms. The van der Waals surface area contributed by atoms with Crippen LogP contribution in [0.4, 0.5) is 0 Å². The molecule has 78 valence electrons. The number of ketones is 1.